The molecule has 3 aromatic rings. The molecule has 0 atom stereocenters. The number of anilines is 3. The first-order valence-corrected chi connectivity index (χ1v) is 11.9. The summed E-state index contributed by atoms with van der Waals surface area (Å²) in [5.74, 6) is -0.921. The molecule has 0 spiro atoms. The smallest absolute Gasteiger partial charge is 0.225 e. The van der Waals surface area contributed by atoms with Crippen LogP contribution >= 0.6 is 0 Å². The highest BCUT2D eigenvalue weighted by atomic mass is 19.1. The lowest BCUT2D eigenvalue weighted by molar-refractivity contribution is -0.122. The lowest BCUT2D eigenvalue weighted by Crippen LogP contribution is -2.41. The number of hydrogen-bond acceptors (Lipinski definition) is 7. The third kappa shape index (κ3) is 5.04. The molecule has 0 bridgehead atoms. The zero-order chi connectivity index (χ0) is 24.6. The monoisotopic (exact) mass is 485 g/mol. The first-order chi connectivity index (χ1) is 16.8. The van der Waals surface area contributed by atoms with Crippen LogP contribution in [0.1, 0.15) is 51.5 Å². The Morgan fingerprint density at radius 1 is 1.11 bits per heavy atom. The second kappa shape index (κ2) is 9.37. The van der Waals surface area contributed by atoms with E-state index in [0.717, 1.165) is 18.9 Å². The fourth-order valence-electron chi connectivity index (χ4n) is 4.98. The van der Waals surface area contributed by atoms with Crippen LogP contribution in [0, 0.1) is 17.6 Å². The van der Waals surface area contributed by atoms with Crippen molar-refractivity contribution in [1.29, 1.82) is 0 Å². The normalized spacial score (nSPS) is 22.1. The standard InChI is InChI=1S/C24H29F2N7O2/c1-24(6-8-35-9-7-24)32-22-28-13-19-21(31-22)33(18-4-2-14(3-5-18)20(27)34)23(30-19)29-17-11-15(25)10-16(26)12-17/h10-14,18H,2-9H2,1H3,(H2,27,34)(H,29,30)(H,28,31,32). The first kappa shape index (κ1) is 23.4. The lowest BCUT2D eigenvalue weighted by Gasteiger charge is -2.34. The molecule has 11 heteroatoms. The van der Waals surface area contributed by atoms with Gasteiger partial charge in [0.2, 0.25) is 17.8 Å². The van der Waals surface area contributed by atoms with E-state index in [1.165, 1.54) is 12.1 Å². The van der Waals surface area contributed by atoms with Gasteiger partial charge in [0.15, 0.2) is 5.65 Å². The minimum Gasteiger partial charge on any atom is -0.381 e. The molecule has 1 saturated heterocycles. The first-order valence-electron chi connectivity index (χ1n) is 11.9. The second-order valence-electron chi connectivity index (χ2n) is 9.70. The summed E-state index contributed by atoms with van der Waals surface area (Å²) < 4.78 is 35.1. The SMILES string of the molecule is CC1(Nc2ncc3nc(Nc4cc(F)cc(F)c4)n(C4CCC(C(N)=O)CC4)c3n2)CCOCC1. The number of nitrogens with zero attached hydrogens (tertiary/aromatic N) is 4. The molecule has 1 amide bonds. The van der Waals surface area contributed by atoms with Crippen molar-refractivity contribution in [3.63, 3.8) is 0 Å². The molecule has 3 heterocycles. The zero-order valence-electron chi connectivity index (χ0n) is 19.6. The summed E-state index contributed by atoms with van der Waals surface area (Å²) in [6.45, 7) is 3.47. The molecule has 186 valence electrons. The number of imidazole rings is 1. The maximum Gasteiger partial charge on any atom is 0.225 e. The number of amides is 1. The number of aromatic nitrogens is 4. The Balaban J connectivity index is 1.52. The van der Waals surface area contributed by atoms with Crippen molar-refractivity contribution in [2.45, 2.75) is 57.0 Å². The summed E-state index contributed by atoms with van der Waals surface area (Å²) in [7, 11) is 0. The summed E-state index contributed by atoms with van der Waals surface area (Å²) in [5.41, 5.74) is 6.75. The van der Waals surface area contributed by atoms with E-state index in [-0.39, 0.29) is 29.1 Å². The predicted octanol–water partition coefficient (Wildman–Crippen LogP) is 4.05. The van der Waals surface area contributed by atoms with Crippen molar-refractivity contribution in [1.82, 2.24) is 19.5 Å². The summed E-state index contributed by atoms with van der Waals surface area (Å²) in [6.07, 6.45) is 6.03. The third-order valence-electron chi connectivity index (χ3n) is 7.03. The molecule has 0 unspecified atom stereocenters. The summed E-state index contributed by atoms with van der Waals surface area (Å²) in [6, 6.07) is 3.22. The molecule has 1 aliphatic carbocycles. The minimum atomic E-state index is -0.687. The Morgan fingerprint density at radius 2 is 1.80 bits per heavy atom. The highest BCUT2D eigenvalue weighted by molar-refractivity contribution is 5.78. The fraction of sp³-hybridized carbons (Fsp3) is 0.500. The molecular weight excluding hydrogens is 456 g/mol. The van der Waals surface area contributed by atoms with E-state index in [9.17, 15) is 13.6 Å². The third-order valence-corrected chi connectivity index (χ3v) is 7.03. The molecule has 1 aromatic carbocycles. The van der Waals surface area contributed by atoms with Crippen LogP contribution < -0.4 is 16.4 Å². The number of halogens is 2. The Bertz CT molecular complexity index is 1210. The molecule has 1 aliphatic heterocycles. The molecule has 35 heavy (non-hydrogen) atoms. The summed E-state index contributed by atoms with van der Waals surface area (Å²) in [4.78, 5) is 25.6. The number of benzene rings is 1. The number of carbonyl (C=O) groups excluding carboxylic acids is 1. The van der Waals surface area contributed by atoms with E-state index in [0.29, 0.717) is 62.0 Å². The summed E-state index contributed by atoms with van der Waals surface area (Å²) in [5, 5.41) is 6.51. The van der Waals surface area contributed by atoms with Crippen molar-refractivity contribution in [2.24, 2.45) is 11.7 Å². The minimum absolute atomic E-state index is 0.0158. The van der Waals surface area contributed by atoms with E-state index in [1.807, 2.05) is 4.57 Å². The number of nitrogens with one attached hydrogen (secondary N) is 2. The van der Waals surface area contributed by atoms with E-state index < -0.39 is 11.6 Å². The molecule has 2 aliphatic rings. The molecule has 5 rings (SSSR count). The van der Waals surface area contributed by atoms with Crippen molar-refractivity contribution in [2.75, 3.05) is 23.8 Å². The number of nitrogens with two attached hydrogens (primary N) is 1. The number of hydrogen-bond donors (Lipinski definition) is 3. The van der Waals surface area contributed by atoms with Crippen LogP contribution in [-0.2, 0) is 9.53 Å². The van der Waals surface area contributed by atoms with Crippen LogP contribution in [0.2, 0.25) is 0 Å². The lowest BCUT2D eigenvalue weighted by atomic mass is 9.85. The van der Waals surface area contributed by atoms with Gasteiger partial charge in [0.25, 0.3) is 0 Å². The number of ether oxygens (including phenoxy) is 1. The number of rotatable bonds is 6. The molecular formula is C24H29F2N7O2. The molecule has 0 radical (unpaired) electrons. The maximum atomic E-state index is 13.8. The van der Waals surface area contributed by atoms with E-state index in [2.05, 4.69) is 27.5 Å². The van der Waals surface area contributed by atoms with Crippen molar-refractivity contribution in [3.05, 3.63) is 36.0 Å². The van der Waals surface area contributed by atoms with Gasteiger partial charge in [-0.15, -0.1) is 0 Å². The number of carbonyl (C=O) groups is 1. The van der Waals surface area contributed by atoms with E-state index >= 15 is 0 Å². The van der Waals surface area contributed by atoms with Crippen LogP contribution in [0.3, 0.4) is 0 Å². The van der Waals surface area contributed by atoms with E-state index in [1.54, 1.807) is 6.20 Å². The van der Waals surface area contributed by atoms with Gasteiger partial charge in [0.05, 0.1) is 6.20 Å². The second-order valence-corrected chi connectivity index (χ2v) is 9.70. The van der Waals surface area contributed by atoms with Crippen LogP contribution in [0.5, 0.6) is 0 Å². The van der Waals surface area contributed by atoms with Gasteiger partial charge in [-0.3, -0.25) is 9.36 Å². The van der Waals surface area contributed by atoms with Crippen LogP contribution in [-0.4, -0.2) is 44.2 Å². The largest absolute Gasteiger partial charge is 0.381 e. The quantitative estimate of drug-likeness (QED) is 0.482. The van der Waals surface area contributed by atoms with E-state index in [4.69, 9.17) is 15.5 Å². The van der Waals surface area contributed by atoms with Crippen LogP contribution in [0.25, 0.3) is 11.2 Å². The van der Waals surface area contributed by atoms with Crippen molar-refractivity contribution < 1.29 is 18.3 Å². The molecule has 1 saturated carbocycles. The van der Waals surface area contributed by atoms with Gasteiger partial charge < -0.3 is 21.1 Å². The van der Waals surface area contributed by atoms with Gasteiger partial charge in [-0.25, -0.2) is 18.7 Å². The Hall–Kier alpha value is -3.34. The fourth-order valence-corrected chi connectivity index (χ4v) is 4.98. The van der Waals surface area contributed by atoms with Gasteiger partial charge in [0, 0.05) is 42.5 Å². The van der Waals surface area contributed by atoms with Crippen molar-refractivity contribution in [3.8, 4) is 0 Å². The van der Waals surface area contributed by atoms with Crippen molar-refractivity contribution >= 4 is 34.7 Å². The highest BCUT2D eigenvalue weighted by Crippen LogP contribution is 2.37. The van der Waals surface area contributed by atoms with Gasteiger partial charge in [-0.2, -0.15) is 4.98 Å². The average molecular weight is 486 g/mol. The number of primary amides is 1. The van der Waals surface area contributed by atoms with Gasteiger partial charge in [-0.05, 0) is 57.6 Å². The van der Waals surface area contributed by atoms with Gasteiger partial charge in [-0.1, -0.05) is 0 Å². The zero-order valence-corrected chi connectivity index (χ0v) is 19.6. The predicted molar refractivity (Wildman–Crippen MR) is 127 cm³/mol. The highest BCUT2D eigenvalue weighted by Gasteiger charge is 2.31. The Morgan fingerprint density at radius 3 is 2.46 bits per heavy atom. The molecule has 4 N–H and O–H groups in total. The average Bonchev–Trinajstić information content (AvgIpc) is 3.15. The Labute approximate surface area is 201 Å². The van der Waals surface area contributed by atoms with Crippen LogP contribution in [0.15, 0.2) is 24.4 Å². The maximum absolute atomic E-state index is 13.8. The van der Waals surface area contributed by atoms with Gasteiger partial charge >= 0.3 is 0 Å². The molecule has 9 nitrogen and oxygen atoms in total. The van der Waals surface area contributed by atoms with Crippen LogP contribution in [0.4, 0.5) is 26.4 Å². The number of fused-ring (bicyclic) bond motifs is 1. The van der Waals surface area contributed by atoms with Gasteiger partial charge in [0.1, 0.15) is 17.2 Å². The summed E-state index contributed by atoms with van der Waals surface area (Å²) >= 11 is 0. The molecule has 2 fully saturated rings. The Kier molecular flexibility index (Phi) is 6.26. The topological polar surface area (TPSA) is 120 Å². The molecule has 2 aromatic heterocycles.